The predicted octanol–water partition coefficient (Wildman–Crippen LogP) is 1.10. The number of nitrogens with zero attached hydrogens (tertiary/aromatic N) is 1. The number of allylic oxidation sites excluding steroid dienone is 2. The second-order valence-corrected chi connectivity index (χ2v) is 2.75. The molecule has 2 heterocycles. The molecule has 1 aliphatic rings. The molecule has 15 heavy (non-hydrogen) atoms. The molecule has 2 rings (SSSR count). The molecule has 0 aromatic carbocycles. The molecule has 77 valence electrons. The molecule has 1 aromatic rings. The summed E-state index contributed by atoms with van der Waals surface area (Å²) in [7, 11) is 0. The Balaban J connectivity index is 1.95. The van der Waals surface area contributed by atoms with Gasteiger partial charge in [-0.25, -0.2) is 4.98 Å². The van der Waals surface area contributed by atoms with E-state index < -0.39 is 6.10 Å². The number of rotatable bonds is 4. The third-order valence-electron chi connectivity index (χ3n) is 1.76. The van der Waals surface area contributed by atoms with E-state index in [0.717, 1.165) is 0 Å². The number of hydrogen-bond donors (Lipinski definition) is 0. The summed E-state index contributed by atoms with van der Waals surface area (Å²) in [6.45, 7) is 0.161. The van der Waals surface area contributed by atoms with Gasteiger partial charge in [-0.2, -0.15) is 0 Å². The van der Waals surface area contributed by atoms with Crippen LogP contribution in [0, 0.1) is 0 Å². The summed E-state index contributed by atoms with van der Waals surface area (Å²) in [6.07, 6.45) is 8.58. The standard InChI is InChI=1S/C10H8NO4/c12-6-9-8(2-1-4-13-9)15-7-10-11-3-5-14-10/h1-5,9H,7H2. The first kappa shape index (κ1) is 9.51. The van der Waals surface area contributed by atoms with E-state index in [1.54, 1.807) is 18.4 Å². The van der Waals surface area contributed by atoms with Gasteiger partial charge in [0.15, 0.2) is 6.61 Å². The van der Waals surface area contributed by atoms with E-state index in [1.807, 2.05) is 0 Å². The highest BCUT2D eigenvalue weighted by Gasteiger charge is 2.18. The molecule has 5 heteroatoms. The first-order chi connectivity index (χ1) is 7.40. The normalized spacial score (nSPS) is 19.2. The van der Waals surface area contributed by atoms with Crippen molar-refractivity contribution in [3.8, 4) is 0 Å². The van der Waals surface area contributed by atoms with Gasteiger partial charge in [-0.15, -0.1) is 0 Å². The summed E-state index contributed by atoms with van der Waals surface area (Å²) in [5.41, 5.74) is 0. The highest BCUT2D eigenvalue weighted by molar-refractivity contribution is 5.62. The van der Waals surface area contributed by atoms with Gasteiger partial charge in [0.1, 0.15) is 12.0 Å². The van der Waals surface area contributed by atoms with Crippen molar-refractivity contribution in [1.82, 2.24) is 4.98 Å². The van der Waals surface area contributed by atoms with Gasteiger partial charge in [0.25, 0.3) is 6.29 Å². The first-order valence-electron chi connectivity index (χ1n) is 4.31. The van der Waals surface area contributed by atoms with Crippen molar-refractivity contribution in [2.45, 2.75) is 12.7 Å². The topological polar surface area (TPSA) is 61.6 Å². The predicted molar refractivity (Wildman–Crippen MR) is 49.1 cm³/mol. The van der Waals surface area contributed by atoms with Crippen LogP contribution in [0.4, 0.5) is 0 Å². The molecule has 0 saturated heterocycles. The third kappa shape index (κ3) is 2.25. The van der Waals surface area contributed by atoms with E-state index in [9.17, 15) is 4.79 Å². The molecule has 0 saturated carbocycles. The number of hydrogen-bond acceptors (Lipinski definition) is 5. The Hall–Kier alpha value is -2.04. The quantitative estimate of drug-likeness (QED) is 0.738. The van der Waals surface area contributed by atoms with Crippen molar-refractivity contribution in [3.63, 3.8) is 0 Å². The third-order valence-corrected chi connectivity index (χ3v) is 1.76. The SMILES string of the molecule is O=[C]C1OC=CC=C1OCc1ncco1. The Morgan fingerprint density at radius 2 is 2.53 bits per heavy atom. The van der Waals surface area contributed by atoms with Crippen LogP contribution in [0.2, 0.25) is 0 Å². The van der Waals surface area contributed by atoms with E-state index in [4.69, 9.17) is 13.9 Å². The fourth-order valence-electron chi connectivity index (χ4n) is 1.09. The maximum Gasteiger partial charge on any atom is 0.251 e. The average molecular weight is 206 g/mol. The fourth-order valence-corrected chi connectivity index (χ4v) is 1.09. The smallest absolute Gasteiger partial charge is 0.251 e. The van der Waals surface area contributed by atoms with Gasteiger partial charge in [0.2, 0.25) is 12.0 Å². The van der Waals surface area contributed by atoms with Crippen LogP contribution >= 0.6 is 0 Å². The Morgan fingerprint density at radius 3 is 3.27 bits per heavy atom. The van der Waals surface area contributed by atoms with Crippen molar-refractivity contribution in [2.75, 3.05) is 0 Å². The van der Waals surface area contributed by atoms with E-state index in [2.05, 4.69) is 4.98 Å². The van der Waals surface area contributed by atoms with Crippen LogP contribution in [-0.4, -0.2) is 17.4 Å². The minimum atomic E-state index is -0.801. The van der Waals surface area contributed by atoms with E-state index in [1.165, 1.54) is 18.7 Å². The molecule has 0 fully saturated rings. The minimum absolute atomic E-state index is 0.161. The highest BCUT2D eigenvalue weighted by Crippen LogP contribution is 2.14. The monoisotopic (exact) mass is 206 g/mol. The van der Waals surface area contributed by atoms with Crippen LogP contribution in [0.15, 0.2) is 41.1 Å². The zero-order valence-corrected chi connectivity index (χ0v) is 7.75. The first-order valence-corrected chi connectivity index (χ1v) is 4.31. The highest BCUT2D eigenvalue weighted by atomic mass is 16.5. The van der Waals surface area contributed by atoms with Crippen molar-refractivity contribution >= 4 is 6.29 Å². The van der Waals surface area contributed by atoms with E-state index in [0.29, 0.717) is 11.6 Å². The molecule has 1 atom stereocenters. The van der Waals surface area contributed by atoms with Gasteiger partial charge < -0.3 is 13.9 Å². The van der Waals surface area contributed by atoms with Crippen LogP contribution in [0.25, 0.3) is 0 Å². The van der Waals surface area contributed by atoms with Gasteiger partial charge in [0, 0.05) is 0 Å². The molecule has 0 bridgehead atoms. The van der Waals surface area contributed by atoms with Crippen molar-refractivity contribution in [3.05, 3.63) is 42.5 Å². The summed E-state index contributed by atoms with van der Waals surface area (Å²) in [5.74, 6) is 0.834. The summed E-state index contributed by atoms with van der Waals surface area (Å²) in [5, 5.41) is 0. The summed E-state index contributed by atoms with van der Waals surface area (Å²) in [4.78, 5) is 14.4. The second kappa shape index (κ2) is 4.45. The number of aromatic nitrogens is 1. The lowest BCUT2D eigenvalue weighted by molar-refractivity contribution is 0.0984. The van der Waals surface area contributed by atoms with Gasteiger partial charge in [-0.05, 0) is 12.2 Å². The molecule has 5 nitrogen and oxygen atoms in total. The Kier molecular flexibility index (Phi) is 2.82. The maximum atomic E-state index is 10.5. The largest absolute Gasteiger partial charge is 0.484 e. The van der Waals surface area contributed by atoms with Gasteiger partial charge in [0.05, 0.1) is 12.5 Å². The average Bonchev–Trinajstić information content (AvgIpc) is 2.79. The summed E-state index contributed by atoms with van der Waals surface area (Å²) >= 11 is 0. The number of oxazole rings is 1. The lowest BCUT2D eigenvalue weighted by Crippen LogP contribution is -2.18. The van der Waals surface area contributed by atoms with Gasteiger partial charge >= 0.3 is 0 Å². The van der Waals surface area contributed by atoms with Crippen LogP contribution in [-0.2, 0) is 20.9 Å². The Morgan fingerprint density at radius 1 is 1.60 bits per heavy atom. The van der Waals surface area contributed by atoms with Crippen molar-refractivity contribution < 1.29 is 18.7 Å². The van der Waals surface area contributed by atoms with Crippen LogP contribution < -0.4 is 0 Å². The van der Waals surface area contributed by atoms with E-state index in [-0.39, 0.29) is 6.61 Å². The van der Waals surface area contributed by atoms with Gasteiger partial charge in [-0.3, -0.25) is 4.79 Å². The summed E-state index contributed by atoms with van der Waals surface area (Å²) < 4.78 is 15.2. The molecule has 0 N–H and O–H groups in total. The molecule has 0 amide bonds. The van der Waals surface area contributed by atoms with E-state index >= 15 is 0 Å². The zero-order valence-electron chi connectivity index (χ0n) is 7.75. The van der Waals surface area contributed by atoms with Crippen molar-refractivity contribution in [1.29, 1.82) is 0 Å². The second-order valence-electron chi connectivity index (χ2n) is 2.75. The lowest BCUT2D eigenvalue weighted by Gasteiger charge is -2.16. The van der Waals surface area contributed by atoms with Crippen LogP contribution in [0.1, 0.15) is 5.89 Å². The minimum Gasteiger partial charge on any atom is -0.484 e. The summed E-state index contributed by atoms with van der Waals surface area (Å²) in [6, 6.07) is 0. The molecule has 1 radical (unpaired) electrons. The van der Waals surface area contributed by atoms with Crippen LogP contribution in [0.5, 0.6) is 0 Å². The zero-order chi connectivity index (χ0) is 10.5. The molecule has 1 unspecified atom stereocenters. The molecule has 0 aliphatic carbocycles. The number of carbonyl (C=O) groups excluding carboxylic acids is 1. The van der Waals surface area contributed by atoms with Crippen molar-refractivity contribution in [2.24, 2.45) is 0 Å². The number of ether oxygens (including phenoxy) is 2. The molecule has 1 aromatic heterocycles. The van der Waals surface area contributed by atoms with Gasteiger partial charge in [-0.1, -0.05) is 0 Å². The van der Waals surface area contributed by atoms with Crippen LogP contribution in [0.3, 0.4) is 0 Å². The Labute approximate surface area is 86.0 Å². The lowest BCUT2D eigenvalue weighted by atomic mass is 10.2. The fraction of sp³-hybridized carbons (Fsp3) is 0.200. The Bertz CT molecular complexity index is 380. The molecular weight excluding hydrogens is 198 g/mol. The molecule has 1 aliphatic heterocycles. The maximum absolute atomic E-state index is 10.5. The molecule has 0 spiro atoms. The molecular formula is C10H8NO4.